The predicted molar refractivity (Wildman–Crippen MR) is 79.2 cm³/mol. The third-order valence-electron chi connectivity index (χ3n) is 3.81. The fourth-order valence-corrected chi connectivity index (χ4v) is 2.77. The Bertz CT molecular complexity index is 381. The minimum Gasteiger partial charge on any atom is -0.395 e. The van der Waals surface area contributed by atoms with Crippen LogP contribution in [0, 0.1) is 0 Å². The Balaban J connectivity index is 1.94. The van der Waals surface area contributed by atoms with Crippen LogP contribution in [0.3, 0.4) is 0 Å². The van der Waals surface area contributed by atoms with Gasteiger partial charge >= 0.3 is 0 Å². The summed E-state index contributed by atoms with van der Waals surface area (Å²) in [4.78, 5) is 2.47. The lowest BCUT2D eigenvalue weighted by Crippen LogP contribution is -2.43. The number of hydrogen-bond acceptors (Lipinski definition) is 3. The zero-order chi connectivity index (χ0) is 13.5. The Labute approximate surface area is 116 Å². The fraction of sp³-hybridized carbons (Fsp3) is 0.625. The second kappa shape index (κ2) is 7.63. The monoisotopic (exact) mass is 262 g/mol. The molecule has 1 aliphatic rings. The zero-order valence-electron chi connectivity index (χ0n) is 11.9. The Morgan fingerprint density at radius 1 is 1.32 bits per heavy atom. The molecular formula is C16H26N2O. The molecule has 3 nitrogen and oxygen atoms in total. The topological polar surface area (TPSA) is 35.5 Å². The van der Waals surface area contributed by atoms with Crippen molar-refractivity contribution >= 4 is 0 Å². The molecule has 0 saturated carbocycles. The number of rotatable bonds is 6. The second-order valence-electron chi connectivity index (χ2n) is 5.44. The molecule has 0 radical (unpaired) electrons. The van der Waals surface area contributed by atoms with Crippen molar-refractivity contribution in [1.29, 1.82) is 0 Å². The predicted octanol–water partition coefficient (Wildman–Crippen LogP) is 1.80. The van der Waals surface area contributed by atoms with Gasteiger partial charge in [-0.05, 0) is 43.5 Å². The van der Waals surface area contributed by atoms with Gasteiger partial charge in [0.15, 0.2) is 0 Å². The maximum absolute atomic E-state index is 9.46. The summed E-state index contributed by atoms with van der Waals surface area (Å²) < 4.78 is 0. The third kappa shape index (κ3) is 4.30. The highest BCUT2D eigenvalue weighted by molar-refractivity contribution is 5.28. The van der Waals surface area contributed by atoms with E-state index in [4.69, 9.17) is 0 Å². The normalized spacial score (nSPS) is 17.8. The highest BCUT2D eigenvalue weighted by Crippen LogP contribution is 2.18. The minimum absolute atomic E-state index is 0.199. The SMILES string of the molecule is CCCNC(CO)CN1CCCc2ccccc2C1. The molecule has 0 aliphatic carbocycles. The zero-order valence-corrected chi connectivity index (χ0v) is 11.9. The average molecular weight is 262 g/mol. The molecule has 0 aromatic heterocycles. The van der Waals surface area contributed by atoms with Crippen LogP contribution >= 0.6 is 0 Å². The molecule has 2 N–H and O–H groups in total. The quantitative estimate of drug-likeness (QED) is 0.820. The molecule has 1 aliphatic heterocycles. The summed E-state index contributed by atoms with van der Waals surface area (Å²) in [5.41, 5.74) is 2.94. The highest BCUT2D eigenvalue weighted by atomic mass is 16.3. The van der Waals surface area contributed by atoms with Crippen LogP contribution in [-0.4, -0.2) is 42.3 Å². The molecule has 2 rings (SSSR count). The van der Waals surface area contributed by atoms with Crippen molar-refractivity contribution in [3.63, 3.8) is 0 Å². The number of aliphatic hydroxyl groups excluding tert-OH is 1. The van der Waals surface area contributed by atoms with Crippen molar-refractivity contribution < 1.29 is 5.11 Å². The molecule has 0 spiro atoms. The van der Waals surface area contributed by atoms with Crippen molar-refractivity contribution in [3.8, 4) is 0 Å². The Morgan fingerprint density at radius 2 is 2.11 bits per heavy atom. The van der Waals surface area contributed by atoms with Gasteiger partial charge in [-0.2, -0.15) is 0 Å². The maximum atomic E-state index is 9.46. The largest absolute Gasteiger partial charge is 0.395 e. The first-order valence-corrected chi connectivity index (χ1v) is 7.47. The van der Waals surface area contributed by atoms with Gasteiger partial charge in [-0.1, -0.05) is 31.2 Å². The first-order valence-electron chi connectivity index (χ1n) is 7.47. The lowest BCUT2D eigenvalue weighted by molar-refractivity contribution is 0.178. The van der Waals surface area contributed by atoms with Gasteiger partial charge in [0, 0.05) is 19.1 Å². The van der Waals surface area contributed by atoms with Crippen LogP contribution in [-0.2, 0) is 13.0 Å². The standard InChI is InChI=1S/C16H26N2O/c1-2-9-17-16(13-19)12-18-10-5-8-14-6-3-4-7-15(14)11-18/h3-4,6-7,16-17,19H,2,5,8-13H2,1H3. The van der Waals surface area contributed by atoms with Crippen LogP contribution in [0.2, 0.25) is 0 Å². The molecule has 1 aromatic rings. The van der Waals surface area contributed by atoms with E-state index in [2.05, 4.69) is 41.4 Å². The van der Waals surface area contributed by atoms with Gasteiger partial charge in [0.1, 0.15) is 0 Å². The minimum atomic E-state index is 0.199. The number of fused-ring (bicyclic) bond motifs is 1. The van der Waals surface area contributed by atoms with Crippen LogP contribution in [0.1, 0.15) is 30.9 Å². The Kier molecular flexibility index (Phi) is 5.83. The lowest BCUT2D eigenvalue weighted by Gasteiger charge is -2.26. The first kappa shape index (κ1) is 14.5. The van der Waals surface area contributed by atoms with Crippen molar-refractivity contribution in [1.82, 2.24) is 10.2 Å². The number of nitrogens with zero attached hydrogens (tertiary/aromatic N) is 1. The van der Waals surface area contributed by atoms with Crippen molar-refractivity contribution in [2.24, 2.45) is 0 Å². The number of hydrogen-bond donors (Lipinski definition) is 2. The van der Waals surface area contributed by atoms with Crippen LogP contribution in [0.5, 0.6) is 0 Å². The molecule has 3 heteroatoms. The highest BCUT2D eigenvalue weighted by Gasteiger charge is 2.17. The molecule has 1 aromatic carbocycles. The van der Waals surface area contributed by atoms with Gasteiger partial charge in [0.25, 0.3) is 0 Å². The van der Waals surface area contributed by atoms with Gasteiger partial charge in [-0.25, -0.2) is 0 Å². The van der Waals surface area contributed by atoms with E-state index in [0.717, 1.165) is 32.6 Å². The fourth-order valence-electron chi connectivity index (χ4n) is 2.77. The van der Waals surface area contributed by atoms with Crippen molar-refractivity contribution in [2.75, 3.05) is 26.2 Å². The summed E-state index contributed by atoms with van der Waals surface area (Å²) in [6.07, 6.45) is 3.50. The summed E-state index contributed by atoms with van der Waals surface area (Å²) >= 11 is 0. The summed E-state index contributed by atoms with van der Waals surface area (Å²) in [5, 5.41) is 12.9. The summed E-state index contributed by atoms with van der Waals surface area (Å²) in [6, 6.07) is 8.94. The van der Waals surface area contributed by atoms with E-state index in [9.17, 15) is 5.11 Å². The van der Waals surface area contributed by atoms with Crippen molar-refractivity contribution in [3.05, 3.63) is 35.4 Å². The van der Waals surface area contributed by atoms with Gasteiger partial charge in [-0.15, -0.1) is 0 Å². The molecular weight excluding hydrogens is 236 g/mol. The Morgan fingerprint density at radius 3 is 2.84 bits per heavy atom. The molecule has 0 bridgehead atoms. The van der Waals surface area contributed by atoms with Crippen LogP contribution in [0.25, 0.3) is 0 Å². The van der Waals surface area contributed by atoms with Gasteiger partial charge in [0.2, 0.25) is 0 Å². The van der Waals surface area contributed by atoms with E-state index in [1.54, 1.807) is 0 Å². The number of benzene rings is 1. The second-order valence-corrected chi connectivity index (χ2v) is 5.44. The number of aliphatic hydroxyl groups is 1. The van der Waals surface area contributed by atoms with Crippen LogP contribution in [0.4, 0.5) is 0 Å². The molecule has 106 valence electrons. The molecule has 1 unspecified atom stereocenters. The lowest BCUT2D eigenvalue weighted by atomic mass is 10.0. The summed E-state index contributed by atoms with van der Waals surface area (Å²) in [7, 11) is 0. The first-order chi connectivity index (χ1) is 9.33. The summed E-state index contributed by atoms with van der Waals surface area (Å²) in [5.74, 6) is 0. The molecule has 0 saturated heterocycles. The molecule has 1 heterocycles. The molecule has 0 fully saturated rings. The summed E-state index contributed by atoms with van der Waals surface area (Å²) in [6.45, 7) is 6.43. The van der Waals surface area contributed by atoms with Crippen LogP contribution in [0.15, 0.2) is 24.3 Å². The van der Waals surface area contributed by atoms with E-state index in [1.165, 1.54) is 24.0 Å². The number of nitrogens with one attached hydrogen (secondary N) is 1. The van der Waals surface area contributed by atoms with E-state index in [-0.39, 0.29) is 12.6 Å². The van der Waals surface area contributed by atoms with Gasteiger partial charge < -0.3 is 10.4 Å². The van der Waals surface area contributed by atoms with E-state index < -0.39 is 0 Å². The van der Waals surface area contributed by atoms with E-state index in [0.29, 0.717) is 0 Å². The molecule has 19 heavy (non-hydrogen) atoms. The van der Waals surface area contributed by atoms with Gasteiger partial charge in [0.05, 0.1) is 6.61 Å². The molecule has 1 atom stereocenters. The van der Waals surface area contributed by atoms with E-state index in [1.807, 2.05) is 0 Å². The smallest absolute Gasteiger partial charge is 0.0597 e. The average Bonchev–Trinajstić information content (AvgIpc) is 2.64. The molecule has 0 amide bonds. The van der Waals surface area contributed by atoms with Crippen molar-refractivity contribution in [2.45, 2.75) is 38.8 Å². The maximum Gasteiger partial charge on any atom is 0.0597 e. The third-order valence-corrected chi connectivity index (χ3v) is 3.81. The van der Waals surface area contributed by atoms with Gasteiger partial charge in [-0.3, -0.25) is 4.90 Å². The number of aryl methyl sites for hydroxylation is 1. The Hall–Kier alpha value is -0.900. The van der Waals surface area contributed by atoms with Crippen LogP contribution < -0.4 is 5.32 Å². The van der Waals surface area contributed by atoms with E-state index >= 15 is 0 Å².